The Morgan fingerprint density at radius 3 is 2.24 bits per heavy atom. The van der Waals surface area contributed by atoms with Crippen molar-refractivity contribution < 1.29 is 23.9 Å². The smallest absolute Gasteiger partial charge is 0.337 e. The number of carbonyl (C=O) groups is 4. The Bertz CT molecular complexity index is 953. The second kappa shape index (κ2) is 8.14. The third-order valence-corrected chi connectivity index (χ3v) is 4.65. The number of hydrogen-bond donors (Lipinski definition) is 1. The van der Waals surface area contributed by atoms with E-state index in [9.17, 15) is 19.2 Å². The predicted molar refractivity (Wildman–Crippen MR) is 107 cm³/mol. The van der Waals surface area contributed by atoms with Gasteiger partial charge in [-0.05, 0) is 50.2 Å². The summed E-state index contributed by atoms with van der Waals surface area (Å²) in [7, 11) is 1.28. The van der Waals surface area contributed by atoms with Crippen molar-refractivity contribution >= 4 is 35.2 Å². The fraction of sp³-hybridized carbons (Fsp3) is 0.238. The molecule has 1 aliphatic rings. The number of rotatable bonds is 5. The zero-order valence-corrected chi connectivity index (χ0v) is 16.3. The molecule has 0 unspecified atom stereocenters. The number of methoxy groups -OCH3 is 1. The molecule has 1 fully saturated rings. The second-order valence-electron chi connectivity index (χ2n) is 6.71. The second-order valence-corrected chi connectivity index (χ2v) is 6.71. The number of anilines is 2. The molecule has 8 heteroatoms. The molecular formula is C21H21N3O5. The number of hydrogen-bond acceptors (Lipinski definition) is 5. The van der Waals surface area contributed by atoms with Gasteiger partial charge in [0, 0.05) is 11.4 Å². The predicted octanol–water partition coefficient (Wildman–Crippen LogP) is 2.58. The highest BCUT2D eigenvalue weighted by Crippen LogP contribution is 2.26. The molecule has 1 heterocycles. The maximum atomic E-state index is 12.8. The van der Waals surface area contributed by atoms with Crippen LogP contribution in [0.1, 0.15) is 22.8 Å². The molecule has 0 aromatic heterocycles. The van der Waals surface area contributed by atoms with Gasteiger partial charge in [-0.1, -0.05) is 17.7 Å². The maximum absolute atomic E-state index is 12.8. The number of imide groups is 1. The summed E-state index contributed by atoms with van der Waals surface area (Å²) in [6.07, 6.45) is 0. The molecule has 0 spiro atoms. The van der Waals surface area contributed by atoms with Gasteiger partial charge in [-0.15, -0.1) is 0 Å². The number of amides is 4. The highest BCUT2D eigenvalue weighted by molar-refractivity contribution is 6.16. The first-order valence-electron chi connectivity index (χ1n) is 9.01. The fourth-order valence-electron chi connectivity index (χ4n) is 3.06. The summed E-state index contributed by atoms with van der Waals surface area (Å²) < 4.78 is 4.62. The molecule has 1 atom stereocenters. The highest BCUT2D eigenvalue weighted by atomic mass is 16.5. The first-order valence-corrected chi connectivity index (χ1v) is 9.01. The fourth-order valence-corrected chi connectivity index (χ4v) is 3.06. The topological polar surface area (TPSA) is 96.0 Å². The average Bonchev–Trinajstić information content (AvgIpc) is 2.92. The van der Waals surface area contributed by atoms with E-state index in [0.29, 0.717) is 16.9 Å². The number of nitrogens with zero attached hydrogens (tertiary/aromatic N) is 2. The SMILES string of the molecule is COC(=O)c1ccc(NC(=O)CN2C(=O)[C@@H](C)N(c3ccc(C)cc3)C2=O)cc1. The molecule has 2 aromatic rings. The van der Waals surface area contributed by atoms with E-state index in [1.54, 1.807) is 31.2 Å². The van der Waals surface area contributed by atoms with Crippen LogP contribution in [0, 0.1) is 6.92 Å². The summed E-state index contributed by atoms with van der Waals surface area (Å²) in [4.78, 5) is 51.4. The summed E-state index contributed by atoms with van der Waals surface area (Å²) in [6, 6.07) is 12.1. The van der Waals surface area contributed by atoms with Gasteiger partial charge >= 0.3 is 12.0 Å². The number of esters is 1. The average molecular weight is 395 g/mol. The number of benzene rings is 2. The lowest BCUT2D eigenvalue weighted by molar-refractivity contribution is -0.130. The van der Waals surface area contributed by atoms with Crippen LogP contribution in [0.4, 0.5) is 16.2 Å². The van der Waals surface area contributed by atoms with Gasteiger partial charge in [-0.2, -0.15) is 0 Å². The minimum Gasteiger partial charge on any atom is -0.465 e. The Morgan fingerprint density at radius 1 is 1.03 bits per heavy atom. The molecule has 1 aliphatic heterocycles. The quantitative estimate of drug-likeness (QED) is 0.620. The van der Waals surface area contributed by atoms with E-state index in [-0.39, 0.29) is 0 Å². The zero-order chi connectivity index (χ0) is 21.1. The highest BCUT2D eigenvalue weighted by Gasteiger charge is 2.44. The van der Waals surface area contributed by atoms with Crippen molar-refractivity contribution in [2.75, 3.05) is 23.9 Å². The van der Waals surface area contributed by atoms with Gasteiger partial charge in [0.15, 0.2) is 0 Å². The summed E-state index contributed by atoms with van der Waals surface area (Å²) >= 11 is 0. The van der Waals surface area contributed by atoms with Crippen LogP contribution in [0.5, 0.6) is 0 Å². The van der Waals surface area contributed by atoms with Crippen molar-refractivity contribution in [1.82, 2.24) is 4.90 Å². The van der Waals surface area contributed by atoms with E-state index < -0.39 is 36.4 Å². The normalized spacial score (nSPS) is 16.2. The molecule has 29 heavy (non-hydrogen) atoms. The number of ether oxygens (including phenoxy) is 1. The Morgan fingerprint density at radius 2 is 1.66 bits per heavy atom. The molecule has 4 amide bonds. The van der Waals surface area contributed by atoms with Gasteiger partial charge in [-0.3, -0.25) is 19.4 Å². The standard InChI is InChI=1S/C21H21N3O5/c1-13-4-10-17(11-5-13)24-14(2)19(26)23(21(24)28)12-18(25)22-16-8-6-15(7-9-16)20(27)29-3/h4-11,14H,12H2,1-3H3,(H,22,25)/t14-/m1/s1. The molecule has 0 bridgehead atoms. The van der Waals surface area contributed by atoms with Crippen molar-refractivity contribution in [3.8, 4) is 0 Å². The lowest BCUT2D eigenvalue weighted by Crippen LogP contribution is -2.39. The van der Waals surface area contributed by atoms with Crippen LogP contribution in [0.25, 0.3) is 0 Å². The molecule has 0 radical (unpaired) electrons. The number of urea groups is 1. The first kappa shape index (κ1) is 20.1. The Kier molecular flexibility index (Phi) is 5.63. The number of nitrogens with one attached hydrogen (secondary N) is 1. The molecule has 3 rings (SSSR count). The van der Waals surface area contributed by atoms with Crippen LogP contribution in [0.3, 0.4) is 0 Å². The van der Waals surface area contributed by atoms with Crippen molar-refractivity contribution in [1.29, 1.82) is 0 Å². The molecule has 2 aromatic carbocycles. The van der Waals surface area contributed by atoms with Gasteiger partial charge in [0.2, 0.25) is 5.91 Å². The van der Waals surface area contributed by atoms with Gasteiger partial charge in [0.1, 0.15) is 12.6 Å². The Hall–Kier alpha value is -3.68. The summed E-state index contributed by atoms with van der Waals surface area (Å²) in [6.45, 7) is 3.16. The van der Waals surface area contributed by atoms with Gasteiger partial charge in [-0.25, -0.2) is 9.59 Å². The lowest BCUT2D eigenvalue weighted by atomic mass is 10.2. The van der Waals surface area contributed by atoms with Crippen LogP contribution in [0.15, 0.2) is 48.5 Å². The monoisotopic (exact) mass is 395 g/mol. The van der Waals surface area contributed by atoms with Crippen LogP contribution < -0.4 is 10.2 Å². The third-order valence-electron chi connectivity index (χ3n) is 4.65. The van der Waals surface area contributed by atoms with E-state index in [2.05, 4.69) is 10.1 Å². The van der Waals surface area contributed by atoms with Crippen LogP contribution in [-0.4, -0.2) is 48.4 Å². The molecule has 0 aliphatic carbocycles. The van der Waals surface area contributed by atoms with Crippen molar-refractivity contribution in [3.05, 3.63) is 59.7 Å². The van der Waals surface area contributed by atoms with Gasteiger partial charge in [0.25, 0.3) is 5.91 Å². The molecule has 1 N–H and O–H groups in total. The van der Waals surface area contributed by atoms with Crippen LogP contribution in [-0.2, 0) is 14.3 Å². The third kappa shape index (κ3) is 4.11. The van der Waals surface area contributed by atoms with E-state index in [4.69, 9.17) is 0 Å². The minimum atomic E-state index is -0.697. The molecule has 150 valence electrons. The summed E-state index contributed by atoms with van der Waals surface area (Å²) in [5, 5.41) is 2.62. The van der Waals surface area contributed by atoms with Gasteiger partial charge < -0.3 is 10.1 Å². The Labute approximate surface area is 168 Å². The van der Waals surface area contributed by atoms with E-state index >= 15 is 0 Å². The zero-order valence-electron chi connectivity index (χ0n) is 16.3. The van der Waals surface area contributed by atoms with E-state index in [1.165, 1.54) is 24.1 Å². The van der Waals surface area contributed by atoms with E-state index in [0.717, 1.165) is 10.5 Å². The molecule has 0 saturated carbocycles. The first-order chi connectivity index (χ1) is 13.8. The number of carbonyl (C=O) groups excluding carboxylic acids is 4. The van der Waals surface area contributed by atoms with Crippen molar-refractivity contribution in [2.24, 2.45) is 0 Å². The van der Waals surface area contributed by atoms with Crippen LogP contribution >= 0.6 is 0 Å². The van der Waals surface area contributed by atoms with Crippen molar-refractivity contribution in [3.63, 3.8) is 0 Å². The van der Waals surface area contributed by atoms with Crippen molar-refractivity contribution in [2.45, 2.75) is 19.9 Å². The molecule has 8 nitrogen and oxygen atoms in total. The molecular weight excluding hydrogens is 374 g/mol. The largest absolute Gasteiger partial charge is 0.465 e. The maximum Gasteiger partial charge on any atom is 0.337 e. The Balaban J connectivity index is 1.68. The minimum absolute atomic E-state index is 0.345. The van der Waals surface area contributed by atoms with Crippen LogP contribution in [0.2, 0.25) is 0 Å². The summed E-state index contributed by atoms with van der Waals surface area (Å²) in [5.74, 6) is -1.44. The number of aryl methyl sites for hydroxylation is 1. The molecule has 1 saturated heterocycles. The van der Waals surface area contributed by atoms with E-state index in [1.807, 2.05) is 19.1 Å². The lowest BCUT2D eigenvalue weighted by Gasteiger charge is -2.19. The van der Waals surface area contributed by atoms with Gasteiger partial charge in [0.05, 0.1) is 12.7 Å². The summed E-state index contributed by atoms with van der Waals surface area (Å²) in [5.41, 5.74) is 2.42.